The number of hydrazine groups is 1. The maximum absolute atomic E-state index is 5.90. The lowest BCUT2D eigenvalue weighted by Crippen LogP contribution is -2.28. The molecule has 1 atom stereocenters. The fourth-order valence-corrected chi connectivity index (χ4v) is 4.05. The Hall–Kier alpha value is 0.0900. The third-order valence-electron chi connectivity index (χ3n) is 2.17. The van der Waals surface area contributed by atoms with Crippen molar-refractivity contribution in [2.45, 2.75) is 12.5 Å². The molecule has 2 aromatic rings. The first-order chi connectivity index (χ1) is 7.69. The van der Waals surface area contributed by atoms with E-state index in [0.29, 0.717) is 0 Å². The Kier molecular flexibility index (Phi) is 4.41. The van der Waals surface area contributed by atoms with Crippen LogP contribution in [0.5, 0.6) is 0 Å². The third-order valence-corrected chi connectivity index (χ3v) is 5.23. The van der Waals surface area contributed by atoms with E-state index in [-0.39, 0.29) is 6.04 Å². The van der Waals surface area contributed by atoms with Gasteiger partial charge in [-0.2, -0.15) is 0 Å². The molecule has 6 heteroatoms. The molecule has 2 heterocycles. The molecular formula is C10H10BrClN2S2. The highest BCUT2D eigenvalue weighted by Crippen LogP contribution is 2.30. The molecule has 0 bridgehead atoms. The summed E-state index contributed by atoms with van der Waals surface area (Å²) in [4.78, 5) is 2.45. The molecule has 0 fully saturated rings. The second kappa shape index (κ2) is 5.62. The lowest BCUT2D eigenvalue weighted by Gasteiger charge is -2.12. The minimum Gasteiger partial charge on any atom is -0.271 e. The van der Waals surface area contributed by atoms with Gasteiger partial charge in [0.2, 0.25) is 0 Å². The topological polar surface area (TPSA) is 38.0 Å². The Morgan fingerprint density at radius 2 is 2.31 bits per heavy atom. The number of nitrogens with one attached hydrogen (secondary N) is 1. The average Bonchev–Trinajstić information content (AvgIpc) is 2.84. The molecule has 0 aliphatic rings. The van der Waals surface area contributed by atoms with Gasteiger partial charge in [0.15, 0.2) is 0 Å². The first-order valence-corrected chi connectivity index (χ1v) is 7.50. The van der Waals surface area contributed by atoms with Gasteiger partial charge in [-0.15, -0.1) is 22.7 Å². The fourth-order valence-electron chi connectivity index (χ4n) is 1.42. The van der Waals surface area contributed by atoms with Crippen LogP contribution in [-0.2, 0) is 6.42 Å². The van der Waals surface area contributed by atoms with E-state index in [1.165, 1.54) is 9.75 Å². The first-order valence-electron chi connectivity index (χ1n) is 4.63. The van der Waals surface area contributed by atoms with Gasteiger partial charge in [-0.05, 0) is 34.1 Å². The van der Waals surface area contributed by atoms with Crippen LogP contribution in [0.25, 0.3) is 0 Å². The van der Waals surface area contributed by atoms with Crippen molar-refractivity contribution in [1.29, 1.82) is 0 Å². The van der Waals surface area contributed by atoms with Crippen LogP contribution in [0.15, 0.2) is 28.1 Å². The van der Waals surface area contributed by atoms with E-state index in [1.54, 1.807) is 22.7 Å². The lowest BCUT2D eigenvalue weighted by molar-refractivity contribution is 0.564. The van der Waals surface area contributed by atoms with Gasteiger partial charge >= 0.3 is 0 Å². The molecule has 0 aromatic carbocycles. The second-order valence-corrected chi connectivity index (χ2v) is 6.95. The molecule has 0 aliphatic heterocycles. The predicted octanol–water partition coefficient (Wildman–Crippen LogP) is 3.97. The molecule has 2 rings (SSSR count). The molecule has 1 unspecified atom stereocenters. The summed E-state index contributed by atoms with van der Waals surface area (Å²) >= 11 is 12.6. The molecule has 2 aromatic heterocycles. The largest absolute Gasteiger partial charge is 0.271 e. The Bertz CT molecular complexity index is 469. The molecular weight excluding hydrogens is 328 g/mol. The molecule has 0 radical (unpaired) electrons. The smallest absolute Gasteiger partial charge is 0.0931 e. The van der Waals surface area contributed by atoms with Gasteiger partial charge in [0.25, 0.3) is 0 Å². The van der Waals surface area contributed by atoms with Crippen molar-refractivity contribution in [3.05, 3.63) is 42.1 Å². The van der Waals surface area contributed by atoms with Crippen molar-refractivity contribution in [2.75, 3.05) is 0 Å². The van der Waals surface area contributed by atoms with Crippen molar-refractivity contribution in [3.8, 4) is 0 Å². The van der Waals surface area contributed by atoms with E-state index in [9.17, 15) is 0 Å². The van der Waals surface area contributed by atoms with Crippen molar-refractivity contribution in [2.24, 2.45) is 5.84 Å². The summed E-state index contributed by atoms with van der Waals surface area (Å²) in [5.41, 5.74) is 2.84. The minimum atomic E-state index is 0.144. The highest BCUT2D eigenvalue weighted by molar-refractivity contribution is 9.10. The molecule has 2 nitrogen and oxygen atoms in total. The summed E-state index contributed by atoms with van der Waals surface area (Å²) in [6.07, 6.45) is 0.862. The highest BCUT2D eigenvalue weighted by Gasteiger charge is 2.13. The first kappa shape index (κ1) is 12.5. The van der Waals surface area contributed by atoms with Gasteiger partial charge < -0.3 is 0 Å². The van der Waals surface area contributed by atoms with Gasteiger partial charge in [-0.25, -0.2) is 0 Å². The Morgan fingerprint density at radius 1 is 1.50 bits per heavy atom. The SMILES string of the molecule is NNC(Cc1ccc(Cl)s1)c1cc(Br)cs1. The summed E-state index contributed by atoms with van der Waals surface area (Å²) in [7, 11) is 0. The quantitative estimate of drug-likeness (QED) is 0.654. The van der Waals surface area contributed by atoms with Crippen LogP contribution in [0, 0.1) is 0 Å². The van der Waals surface area contributed by atoms with Crippen LogP contribution in [0.3, 0.4) is 0 Å². The number of hydrogen-bond acceptors (Lipinski definition) is 4. The molecule has 0 aliphatic carbocycles. The zero-order chi connectivity index (χ0) is 11.5. The van der Waals surface area contributed by atoms with Crippen LogP contribution in [0.2, 0.25) is 4.34 Å². The zero-order valence-corrected chi connectivity index (χ0v) is 12.2. The number of hydrogen-bond donors (Lipinski definition) is 2. The van der Waals surface area contributed by atoms with Crippen molar-refractivity contribution in [3.63, 3.8) is 0 Å². The normalized spacial score (nSPS) is 12.9. The number of nitrogens with two attached hydrogens (primary N) is 1. The van der Waals surface area contributed by atoms with Crippen molar-refractivity contribution < 1.29 is 0 Å². The van der Waals surface area contributed by atoms with E-state index in [4.69, 9.17) is 17.4 Å². The Balaban J connectivity index is 2.12. The summed E-state index contributed by atoms with van der Waals surface area (Å²) in [5.74, 6) is 5.58. The second-order valence-electron chi connectivity index (χ2n) is 3.30. The summed E-state index contributed by atoms with van der Waals surface area (Å²) in [6.45, 7) is 0. The molecule has 0 amide bonds. The van der Waals surface area contributed by atoms with E-state index in [0.717, 1.165) is 15.2 Å². The van der Waals surface area contributed by atoms with E-state index in [2.05, 4.69) is 32.8 Å². The number of thiophene rings is 2. The summed E-state index contributed by atoms with van der Waals surface area (Å²) in [5, 5.41) is 2.06. The Morgan fingerprint density at radius 3 is 2.81 bits per heavy atom. The van der Waals surface area contributed by atoms with Gasteiger partial charge in [-0.1, -0.05) is 11.6 Å². The van der Waals surface area contributed by atoms with E-state index in [1.807, 2.05) is 12.1 Å². The molecule has 0 saturated carbocycles. The monoisotopic (exact) mass is 336 g/mol. The van der Waals surface area contributed by atoms with E-state index < -0.39 is 0 Å². The Labute approximate surface area is 116 Å². The lowest BCUT2D eigenvalue weighted by atomic mass is 10.1. The predicted molar refractivity (Wildman–Crippen MR) is 75.1 cm³/mol. The molecule has 0 spiro atoms. The van der Waals surface area contributed by atoms with Gasteiger partial charge in [-0.3, -0.25) is 11.3 Å². The van der Waals surface area contributed by atoms with Crippen LogP contribution >= 0.6 is 50.2 Å². The average molecular weight is 338 g/mol. The van der Waals surface area contributed by atoms with Gasteiger partial charge in [0.05, 0.1) is 10.4 Å². The fraction of sp³-hybridized carbons (Fsp3) is 0.200. The summed E-state index contributed by atoms with van der Waals surface area (Å²) < 4.78 is 1.91. The van der Waals surface area contributed by atoms with Gasteiger partial charge in [0.1, 0.15) is 0 Å². The maximum Gasteiger partial charge on any atom is 0.0931 e. The van der Waals surface area contributed by atoms with Crippen LogP contribution < -0.4 is 11.3 Å². The highest BCUT2D eigenvalue weighted by atomic mass is 79.9. The number of rotatable bonds is 4. The van der Waals surface area contributed by atoms with Crippen LogP contribution in [0.1, 0.15) is 15.8 Å². The maximum atomic E-state index is 5.90. The van der Waals surface area contributed by atoms with E-state index >= 15 is 0 Å². The minimum absolute atomic E-state index is 0.144. The van der Waals surface area contributed by atoms with Crippen LogP contribution in [-0.4, -0.2) is 0 Å². The third kappa shape index (κ3) is 3.06. The molecule has 16 heavy (non-hydrogen) atoms. The zero-order valence-electron chi connectivity index (χ0n) is 8.24. The van der Waals surface area contributed by atoms with Gasteiger partial charge in [0, 0.05) is 26.0 Å². The van der Waals surface area contributed by atoms with Crippen LogP contribution in [0.4, 0.5) is 0 Å². The molecule has 3 N–H and O–H groups in total. The number of halogens is 2. The molecule has 86 valence electrons. The van der Waals surface area contributed by atoms with Crippen molar-refractivity contribution in [1.82, 2.24) is 5.43 Å². The van der Waals surface area contributed by atoms with Crippen molar-refractivity contribution >= 4 is 50.2 Å². The standard InChI is InChI=1S/C10H10BrClN2S2/c11-6-3-9(15-5-6)8(14-13)4-7-1-2-10(12)16-7/h1-3,5,8,14H,4,13H2. The summed E-state index contributed by atoms with van der Waals surface area (Å²) in [6, 6.07) is 6.19. The molecule has 0 saturated heterocycles.